The smallest absolute Gasteiger partial charge is 0.306 e. The second kappa shape index (κ2) is 44.9. The van der Waals surface area contributed by atoms with Gasteiger partial charge in [-0.25, -0.2) is 0 Å². The van der Waals surface area contributed by atoms with Crippen LogP contribution in [0.2, 0.25) is 0 Å². The van der Waals surface area contributed by atoms with Crippen LogP contribution in [0, 0.1) is 5.92 Å². The zero-order valence-electron chi connectivity index (χ0n) is 37.8. The second-order valence-corrected chi connectivity index (χ2v) is 17.1. The Morgan fingerprint density at radius 1 is 0.429 bits per heavy atom. The van der Waals surface area contributed by atoms with Crippen molar-refractivity contribution in [2.24, 2.45) is 5.92 Å². The zero-order chi connectivity index (χ0) is 41.0. The largest absolute Gasteiger partial charge is 0.466 e. The quantitative estimate of drug-likeness (QED) is 0.0468. The molecule has 0 spiro atoms. The normalized spacial score (nSPS) is 12.2. The Labute approximate surface area is 348 Å². The average molecular weight is 796 g/mol. The van der Waals surface area contributed by atoms with Gasteiger partial charge in [0.25, 0.3) is 0 Å². The molecule has 56 heavy (non-hydrogen) atoms. The van der Waals surface area contributed by atoms with Gasteiger partial charge >= 0.3 is 11.9 Å². The first-order valence-electron chi connectivity index (χ1n) is 24.8. The number of rotatable bonds is 46. The number of aliphatic hydroxyl groups is 2. The average Bonchev–Trinajstić information content (AvgIpc) is 3.19. The van der Waals surface area contributed by atoms with Crippen molar-refractivity contribution in [2.45, 2.75) is 258 Å². The highest BCUT2D eigenvalue weighted by molar-refractivity contribution is 5.69. The van der Waals surface area contributed by atoms with E-state index < -0.39 is 0 Å². The molecule has 0 aliphatic heterocycles. The van der Waals surface area contributed by atoms with E-state index in [0.29, 0.717) is 31.9 Å². The lowest BCUT2D eigenvalue weighted by atomic mass is 9.94. The van der Waals surface area contributed by atoms with Crippen LogP contribution < -0.4 is 0 Å². The fourth-order valence-corrected chi connectivity index (χ4v) is 7.95. The number of ether oxygens (including phenoxy) is 2. The number of aliphatic hydroxyl groups excluding tert-OH is 2. The van der Waals surface area contributed by atoms with E-state index in [1.807, 2.05) is 0 Å². The highest BCUT2D eigenvalue weighted by atomic mass is 16.5. The van der Waals surface area contributed by atoms with E-state index >= 15 is 0 Å². The molecule has 0 fully saturated rings. The number of carbonyl (C=O) groups excluding carboxylic acids is 2. The highest BCUT2D eigenvalue weighted by Gasteiger charge is 2.15. The molecule has 0 saturated heterocycles. The molecule has 0 saturated carbocycles. The van der Waals surface area contributed by atoms with Crippen molar-refractivity contribution in [1.82, 2.24) is 4.90 Å². The molecule has 1 unspecified atom stereocenters. The third-order valence-corrected chi connectivity index (χ3v) is 11.7. The molecule has 1 atom stereocenters. The summed E-state index contributed by atoms with van der Waals surface area (Å²) in [7, 11) is 0. The summed E-state index contributed by atoms with van der Waals surface area (Å²) in [6.07, 6.45) is 41.1. The van der Waals surface area contributed by atoms with E-state index in [-0.39, 0.29) is 31.3 Å². The summed E-state index contributed by atoms with van der Waals surface area (Å²) in [6, 6.07) is 0. The molecule has 334 valence electrons. The summed E-state index contributed by atoms with van der Waals surface area (Å²) in [5.74, 6) is 0.480. The zero-order valence-corrected chi connectivity index (χ0v) is 37.8. The summed E-state index contributed by atoms with van der Waals surface area (Å²) >= 11 is 0. The Balaban J connectivity index is 4.15. The Hall–Kier alpha value is -1.18. The van der Waals surface area contributed by atoms with Gasteiger partial charge in [0, 0.05) is 26.0 Å². The first kappa shape index (κ1) is 54.8. The Morgan fingerprint density at radius 2 is 0.875 bits per heavy atom. The minimum atomic E-state index is -0.0375. The standard InChI is InChI=1S/C49H97NO6/c1-4-7-10-13-16-25-32-45-55-48(53)36-29-22-17-19-26-33-46(39-43-51)38-41-50(42-44-52)40-31-24-18-23-30-37-49(54)56-47(34-27-20-14-11-8-5-2)35-28-21-15-12-9-6-3/h46-47,51-52H,4-45H2,1-3H3. The van der Waals surface area contributed by atoms with Crippen molar-refractivity contribution >= 4 is 11.9 Å². The van der Waals surface area contributed by atoms with Gasteiger partial charge in [0.05, 0.1) is 13.2 Å². The van der Waals surface area contributed by atoms with Crippen LogP contribution in [-0.2, 0) is 19.1 Å². The summed E-state index contributed by atoms with van der Waals surface area (Å²) in [5, 5.41) is 19.4. The van der Waals surface area contributed by atoms with Gasteiger partial charge < -0.3 is 24.6 Å². The maximum Gasteiger partial charge on any atom is 0.306 e. The molecule has 7 nitrogen and oxygen atoms in total. The maximum absolute atomic E-state index is 12.8. The lowest BCUT2D eigenvalue weighted by Crippen LogP contribution is -2.30. The third-order valence-electron chi connectivity index (χ3n) is 11.7. The van der Waals surface area contributed by atoms with E-state index in [1.54, 1.807) is 0 Å². The minimum Gasteiger partial charge on any atom is -0.466 e. The Morgan fingerprint density at radius 3 is 1.39 bits per heavy atom. The van der Waals surface area contributed by atoms with E-state index in [2.05, 4.69) is 25.7 Å². The molecule has 0 aromatic heterocycles. The molecule has 0 rings (SSSR count). The van der Waals surface area contributed by atoms with Gasteiger partial charge in [-0.1, -0.05) is 175 Å². The monoisotopic (exact) mass is 796 g/mol. The molecule has 0 heterocycles. The van der Waals surface area contributed by atoms with Crippen molar-refractivity contribution in [3.05, 3.63) is 0 Å². The predicted molar refractivity (Wildman–Crippen MR) is 238 cm³/mol. The van der Waals surface area contributed by atoms with Gasteiger partial charge in [0.1, 0.15) is 6.10 Å². The highest BCUT2D eigenvalue weighted by Crippen LogP contribution is 2.21. The number of hydrogen-bond donors (Lipinski definition) is 2. The fourth-order valence-electron chi connectivity index (χ4n) is 7.95. The first-order chi connectivity index (χ1) is 27.5. The van der Waals surface area contributed by atoms with Crippen molar-refractivity contribution in [2.75, 3.05) is 39.5 Å². The van der Waals surface area contributed by atoms with E-state index in [4.69, 9.17) is 9.47 Å². The maximum atomic E-state index is 12.8. The summed E-state index contributed by atoms with van der Waals surface area (Å²) < 4.78 is 11.5. The topological polar surface area (TPSA) is 96.3 Å². The van der Waals surface area contributed by atoms with E-state index in [0.717, 1.165) is 109 Å². The van der Waals surface area contributed by atoms with Crippen LogP contribution in [0.5, 0.6) is 0 Å². The molecule has 0 radical (unpaired) electrons. The lowest BCUT2D eigenvalue weighted by Gasteiger charge is -2.24. The van der Waals surface area contributed by atoms with Crippen LogP contribution in [0.3, 0.4) is 0 Å². The summed E-state index contributed by atoms with van der Waals surface area (Å²) in [5.41, 5.74) is 0. The summed E-state index contributed by atoms with van der Waals surface area (Å²) in [6.45, 7) is 10.4. The van der Waals surface area contributed by atoms with E-state index in [1.165, 1.54) is 122 Å². The van der Waals surface area contributed by atoms with Crippen molar-refractivity contribution in [3.63, 3.8) is 0 Å². The third kappa shape index (κ3) is 39.6. The molecular weight excluding hydrogens is 699 g/mol. The van der Waals surface area contributed by atoms with Crippen molar-refractivity contribution < 1.29 is 29.3 Å². The van der Waals surface area contributed by atoms with Crippen LogP contribution in [-0.4, -0.2) is 72.6 Å². The predicted octanol–water partition coefficient (Wildman–Crippen LogP) is 13.4. The summed E-state index contributed by atoms with van der Waals surface area (Å²) in [4.78, 5) is 27.2. The Kier molecular flexibility index (Phi) is 44.0. The molecule has 0 amide bonds. The molecule has 0 aliphatic carbocycles. The van der Waals surface area contributed by atoms with Gasteiger partial charge in [0.15, 0.2) is 0 Å². The van der Waals surface area contributed by atoms with Crippen molar-refractivity contribution in [3.8, 4) is 0 Å². The number of carbonyl (C=O) groups is 2. The van der Waals surface area contributed by atoms with Gasteiger partial charge in [0.2, 0.25) is 0 Å². The Bertz CT molecular complexity index is 793. The van der Waals surface area contributed by atoms with E-state index in [9.17, 15) is 19.8 Å². The van der Waals surface area contributed by atoms with Crippen LogP contribution in [0.15, 0.2) is 0 Å². The van der Waals surface area contributed by atoms with Gasteiger partial charge in [-0.3, -0.25) is 9.59 Å². The minimum absolute atomic E-state index is 0.00435. The molecular formula is C49H97NO6. The number of esters is 2. The SMILES string of the molecule is CCCCCCCCCOC(=O)CCCCCCCC(CCO)CCN(CCO)CCCCCCCC(=O)OC(CCCCCCCC)CCCCCCCC. The van der Waals surface area contributed by atoms with Crippen LogP contribution in [0.25, 0.3) is 0 Å². The van der Waals surface area contributed by atoms with Gasteiger partial charge in [-0.2, -0.15) is 0 Å². The van der Waals surface area contributed by atoms with Gasteiger partial charge in [-0.05, 0) is 83.2 Å². The van der Waals surface area contributed by atoms with Gasteiger partial charge in [-0.15, -0.1) is 0 Å². The van der Waals surface area contributed by atoms with Crippen LogP contribution in [0.1, 0.15) is 252 Å². The number of unbranched alkanes of at least 4 members (excludes halogenated alkanes) is 24. The lowest BCUT2D eigenvalue weighted by molar-refractivity contribution is -0.150. The van der Waals surface area contributed by atoms with Crippen molar-refractivity contribution in [1.29, 1.82) is 0 Å². The molecule has 2 N–H and O–H groups in total. The van der Waals surface area contributed by atoms with Crippen LogP contribution >= 0.6 is 0 Å². The molecule has 0 bridgehead atoms. The second-order valence-electron chi connectivity index (χ2n) is 17.1. The molecule has 0 aromatic rings. The fraction of sp³-hybridized carbons (Fsp3) is 0.959. The number of hydrogen-bond acceptors (Lipinski definition) is 7. The first-order valence-corrected chi connectivity index (χ1v) is 24.8. The number of nitrogens with zero attached hydrogens (tertiary/aromatic N) is 1. The molecule has 0 aliphatic rings. The van der Waals surface area contributed by atoms with Crippen LogP contribution in [0.4, 0.5) is 0 Å². The molecule has 0 aromatic carbocycles. The molecule has 7 heteroatoms.